The van der Waals surface area contributed by atoms with E-state index in [1.807, 2.05) is 25.1 Å². The molecule has 0 saturated heterocycles. The van der Waals surface area contributed by atoms with Crippen molar-refractivity contribution < 1.29 is 22.5 Å². The van der Waals surface area contributed by atoms with Crippen LogP contribution in [-0.4, -0.2) is 51.1 Å². The van der Waals surface area contributed by atoms with Crippen LogP contribution in [0.1, 0.15) is 12.5 Å². The van der Waals surface area contributed by atoms with Gasteiger partial charge in [-0.25, -0.2) is 4.79 Å². The smallest absolute Gasteiger partial charge is 0.333 e. The molecule has 0 aromatic heterocycles. The van der Waals surface area contributed by atoms with Crippen LogP contribution in [0.15, 0.2) is 47.9 Å². The lowest BCUT2D eigenvalue weighted by molar-refractivity contribution is -0.139. The van der Waals surface area contributed by atoms with Gasteiger partial charge in [0.2, 0.25) is 0 Å². The van der Waals surface area contributed by atoms with Crippen LogP contribution >= 0.6 is 0 Å². The Morgan fingerprint density at radius 1 is 1.30 bits per heavy atom. The number of hydrogen-bond acceptors (Lipinski definition) is 5. The first-order valence-corrected chi connectivity index (χ1v) is 8.30. The third kappa shape index (κ3) is 13.4. The van der Waals surface area contributed by atoms with Gasteiger partial charge in [-0.15, -0.1) is 0 Å². The fourth-order valence-electron chi connectivity index (χ4n) is 1.17. The second kappa shape index (κ2) is 10.7. The monoisotopic (exact) mass is 341 g/mol. The van der Waals surface area contributed by atoms with Crippen LogP contribution in [-0.2, 0) is 19.6 Å². The molecule has 0 heterocycles. The second-order valence-corrected chi connectivity index (χ2v) is 6.25. The molecule has 0 radical (unpaired) electrons. The largest absolute Gasteiger partial charge is 0.461 e. The number of nitrogens with zero attached hydrogens (tertiary/aromatic N) is 1. The predicted octanol–water partition coefficient (Wildman–Crippen LogP) is 2.21. The van der Waals surface area contributed by atoms with E-state index in [1.165, 1.54) is 6.08 Å². The normalized spacial score (nSPS) is 11.0. The molecule has 128 valence electrons. The molecule has 6 nitrogen and oxygen atoms in total. The van der Waals surface area contributed by atoms with Gasteiger partial charge in [-0.3, -0.25) is 4.55 Å². The minimum atomic E-state index is -4.00. The maximum atomic E-state index is 10.8. The van der Waals surface area contributed by atoms with E-state index in [2.05, 4.69) is 6.58 Å². The standard InChI is InChI=1S/C8H15NO2.C8H8O3S/c1-7(2)8(10)11-6-5-9(3)4;9-12(10,11)7-6-8-4-2-1-3-5-8/h1,5-6H2,2-4H3;1-7H,(H,9,10,11). The molecule has 0 unspecified atom stereocenters. The zero-order valence-corrected chi connectivity index (χ0v) is 14.4. The van der Waals surface area contributed by atoms with Crippen molar-refractivity contribution in [2.45, 2.75) is 6.92 Å². The van der Waals surface area contributed by atoms with E-state index in [0.29, 0.717) is 12.2 Å². The second-order valence-electron chi connectivity index (χ2n) is 4.95. The Bertz CT molecular complexity index is 621. The van der Waals surface area contributed by atoms with Crippen molar-refractivity contribution in [1.29, 1.82) is 0 Å². The Labute approximate surface area is 137 Å². The molecule has 23 heavy (non-hydrogen) atoms. The van der Waals surface area contributed by atoms with Gasteiger partial charge in [0.05, 0.1) is 5.41 Å². The summed E-state index contributed by atoms with van der Waals surface area (Å²) >= 11 is 0. The summed E-state index contributed by atoms with van der Waals surface area (Å²) in [7, 11) is -0.152. The van der Waals surface area contributed by atoms with Crippen molar-refractivity contribution in [2.24, 2.45) is 0 Å². The molecule has 0 amide bonds. The van der Waals surface area contributed by atoms with Crippen LogP contribution in [0.5, 0.6) is 0 Å². The Morgan fingerprint density at radius 3 is 2.30 bits per heavy atom. The van der Waals surface area contributed by atoms with E-state index >= 15 is 0 Å². The summed E-state index contributed by atoms with van der Waals surface area (Å²) in [6.07, 6.45) is 1.33. The maximum Gasteiger partial charge on any atom is 0.333 e. The van der Waals surface area contributed by atoms with E-state index in [0.717, 1.165) is 17.5 Å². The van der Waals surface area contributed by atoms with E-state index < -0.39 is 10.1 Å². The zero-order valence-electron chi connectivity index (χ0n) is 13.6. The predicted molar refractivity (Wildman–Crippen MR) is 91.4 cm³/mol. The van der Waals surface area contributed by atoms with Crippen molar-refractivity contribution in [3.8, 4) is 0 Å². The maximum absolute atomic E-state index is 10.8. The quantitative estimate of drug-likeness (QED) is 0.485. The lowest BCUT2D eigenvalue weighted by atomic mass is 10.2. The topological polar surface area (TPSA) is 83.9 Å². The number of ether oxygens (including phenoxy) is 1. The molecule has 7 heteroatoms. The van der Waals surface area contributed by atoms with Gasteiger partial charge in [-0.2, -0.15) is 8.42 Å². The molecule has 1 aromatic rings. The third-order valence-electron chi connectivity index (χ3n) is 2.35. The summed E-state index contributed by atoms with van der Waals surface area (Å²) < 4.78 is 33.7. The van der Waals surface area contributed by atoms with Gasteiger partial charge < -0.3 is 9.64 Å². The highest BCUT2D eigenvalue weighted by Crippen LogP contribution is 2.01. The van der Waals surface area contributed by atoms with E-state index in [9.17, 15) is 13.2 Å². The van der Waals surface area contributed by atoms with E-state index in [-0.39, 0.29) is 5.97 Å². The number of hydrogen-bond donors (Lipinski definition) is 1. The molecule has 0 spiro atoms. The number of carbonyl (C=O) groups excluding carboxylic acids is 1. The van der Waals surface area contributed by atoms with Gasteiger partial charge in [0.15, 0.2) is 0 Å². The van der Waals surface area contributed by atoms with Crippen molar-refractivity contribution in [3.05, 3.63) is 53.5 Å². The first-order valence-electron chi connectivity index (χ1n) is 6.80. The highest BCUT2D eigenvalue weighted by molar-refractivity contribution is 7.88. The third-order valence-corrected chi connectivity index (χ3v) is 2.83. The first-order chi connectivity index (χ1) is 10.6. The molecular weight excluding hydrogens is 318 g/mol. The van der Waals surface area contributed by atoms with E-state index in [4.69, 9.17) is 9.29 Å². The summed E-state index contributed by atoms with van der Waals surface area (Å²) in [5.74, 6) is -0.313. The van der Waals surface area contributed by atoms with Crippen molar-refractivity contribution >= 4 is 22.2 Å². The Kier molecular flexibility index (Phi) is 9.80. The fourth-order valence-corrected chi connectivity index (χ4v) is 1.50. The summed E-state index contributed by atoms with van der Waals surface area (Å²) in [5, 5.41) is 0.752. The first kappa shape index (κ1) is 21.0. The summed E-state index contributed by atoms with van der Waals surface area (Å²) in [4.78, 5) is 12.7. The summed E-state index contributed by atoms with van der Waals surface area (Å²) in [5.41, 5.74) is 1.18. The Hall–Kier alpha value is -1.96. The highest BCUT2D eigenvalue weighted by Gasteiger charge is 2.01. The molecule has 0 fully saturated rings. The molecule has 1 aromatic carbocycles. The number of rotatable bonds is 6. The van der Waals surface area contributed by atoms with E-state index in [1.54, 1.807) is 31.2 Å². The van der Waals surface area contributed by atoms with Gasteiger partial charge in [0.25, 0.3) is 10.1 Å². The van der Waals surface area contributed by atoms with Crippen molar-refractivity contribution in [1.82, 2.24) is 4.90 Å². The number of benzene rings is 1. The molecule has 0 atom stereocenters. The molecule has 1 N–H and O–H groups in total. The molecule has 0 aliphatic heterocycles. The van der Waals surface area contributed by atoms with Crippen molar-refractivity contribution in [2.75, 3.05) is 27.2 Å². The minimum Gasteiger partial charge on any atom is -0.461 e. The van der Waals surface area contributed by atoms with Gasteiger partial charge in [-0.1, -0.05) is 36.9 Å². The lowest BCUT2D eigenvalue weighted by Gasteiger charge is -2.09. The molecule has 0 aliphatic rings. The molecule has 1 rings (SSSR count). The van der Waals surface area contributed by atoms with Crippen LogP contribution in [0.3, 0.4) is 0 Å². The van der Waals surface area contributed by atoms with Crippen LogP contribution < -0.4 is 0 Å². The Balaban J connectivity index is 0.000000423. The Morgan fingerprint density at radius 2 is 1.87 bits per heavy atom. The molecule has 0 bridgehead atoms. The number of carbonyl (C=O) groups is 1. The van der Waals surface area contributed by atoms with Crippen LogP contribution in [0.2, 0.25) is 0 Å². The summed E-state index contributed by atoms with van der Waals surface area (Å²) in [6, 6.07) is 8.86. The average molecular weight is 341 g/mol. The number of esters is 1. The SMILES string of the molecule is C=C(C)C(=O)OCCN(C)C.O=S(=O)(O)C=Cc1ccccc1. The van der Waals surface area contributed by atoms with Crippen LogP contribution in [0, 0.1) is 0 Å². The highest BCUT2D eigenvalue weighted by atomic mass is 32.2. The molecule has 0 saturated carbocycles. The number of likely N-dealkylation sites (N-methyl/N-ethyl adjacent to an activating group) is 1. The van der Waals surface area contributed by atoms with Crippen LogP contribution in [0.4, 0.5) is 0 Å². The minimum absolute atomic E-state index is 0.313. The lowest BCUT2D eigenvalue weighted by Crippen LogP contribution is -2.20. The molecular formula is C16H23NO5S. The van der Waals surface area contributed by atoms with Crippen LogP contribution in [0.25, 0.3) is 6.08 Å². The molecule has 0 aliphatic carbocycles. The average Bonchev–Trinajstić information content (AvgIpc) is 2.45. The van der Waals surface area contributed by atoms with Gasteiger partial charge in [0, 0.05) is 12.1 Å². The fraction of sp³-hybridized carbons (Fsp3) is 0.312. The van der Waals surface area contributed by atoms with Gasteiger partial charge in [0.1, 0.15) is 6.61 Å². The van der Waals surface area contributed by atoms with Gasteiger partial charge >= 0.3 is 5.97 Å². The summed E-state index contributed by atoms with van der Waals surface area (Å²) in [6.45, 7) is 6.28. The van der Waals surface area contributed by atoms with Gasteiger partial charge in [-0.05, 0) is 32.7 Å². The van der Waals surface area contributed by atoms with Crippen molar-refractivity contribution in [3.63, 3.8) is 0 Å². The zero-order chi connectivity index (χ0) is 17.9.